The van der Waals surface area contributed by atoms with Gasteiger partial charge in [-0.2, -0.15) is 5.10 Å². The predicted molar refractivity (Wildman–Crippen MR) is 82.5 cm³/mol. The van der Waals surface area contributed by atoms with E-state index in [-0.39, 0.29) is 11.9 Å². The molecule has 0 aromatic carbocycles. The number of aryl methyl sites for hydroxylation is 1. The smallest absolute Gasteiger partial charge is 0.342 e. The van der Waals surface area contributed by atoms with Gasteiger partial charge in [-0.15, -0.1) is 0 Å². The number of esters is 1. The second-order valence-electron chi connectivity index (χ2n) is 5.90. The molecule has 0 bridgehead atoms. The van der Waals surface area contributed by atoms with Crippen LogP contribution in [-0.4, -0.2) is 45.2 Å². The van der Waals surface area contributed by atoms with Gasteiger partial charge >= 0.3 is 5.97 Å². The number of carbonyl (C=O) groups is 2. The van der Waals surface area contributed by atoms with E-state index < -0.39 is 12.1 Å². The molecule has 0 spiro atoms. The minimum Gasteiger partial charge on any atom is -0.449 e. The minimum absolute atomic E-state index is 0.0959. The Hall–Kier alpha value is -1.85. The van der Waals surface area contributed by atoms with E-state index in [1.54, 1.807) is 25.6 Å². The highest BCUT2D eigenvalue weighted by atomic mass is 16.5. The van der Waals surface area contributed by atoms with E-state index in [0.717, 1.165) is 37.9 Å². The Balaban J connectivity index is 2.01. The van der Waals surface area contributed by atoms with E-state index >= 15 is 0 Å². The third-order valence-corrected chi connectivity index (χ3v) is 4.47. The van der Waals surface area contributed by atoms with Crippen LogP contribution in [0.5, 0.6) is 0 Å². The standard InChI is InChI=1S/C16H25N3O3/c1-5-13-8-6-7-9-19(13)15(20)12(3)22-16(21)14-10-17-18(4)11(14)2/h10,12-13H,5-9H2,1-4H3. The average molecular weight is 307 g/mol. The summed E-state index contributed by atoms with van der Waals surface area (Å²) in [4.78, 5) is 26.6. The van der Waals surface area contributed by atoms with Crippen LogP contribution in [-0.2, 0) is 16.6 Å². The number of likely N-dealkylation sites (tertiary alicyclic amines) is 1. The highest BCUT2D eigenvalue weighted by Crippen LogP contribution is 2.21. The van der Waals surface area contributed by atoms with E-state index in [0.29, 0.717) is 5.56 Å². The van der Waals surface area contributed by atoms with Crippen molar-refractivity contribution in [2.75, 3.05) is 6.54 Å². The number of amides is 1. The maximum Gasteiger partial charge on any atom is 0.342 e. The second kappa shape index (κ2) is 6.94. The van der Waals surface area contributed by atoms with Gasteiger partial charge in [-0.05, 0) is 39.5 Å². The molecule has 6 heteroatoms. The largest absolute Gasteiger partial charge is 0.449 e. The van der Waals surface area contributed by atoms with Crippen LogP contribution in [0.3, 0.4) is 0 Å². The fourth-order valence-electron chi connectivity index (χ4n) is 2.92. The number of hydrogen-bond acceptors (Lipinski definition) is 4. The van der Waals surface area contributed by atoms with Crippen LogP contribution >= 0.6 is 0 Å². The van der Waals surface area contributed by atoms with Crippen molar-refractivity contribution in [1.29, 1.82) is 0 Å². The van der Waals surface area contributed by atoms with Crippen LogP contribution < -0.4 is 0 Å². The third-order valence-electron chi connectivity index (χ3n) is 4.47. The summed E-state index contributed by atoms with van der Waals surface area (Å²) < 4.78 is 6.97. The number of ether oxygens (including phenoxy) is 1. The number of aromatic nitrogens is 2. The zero-order valence-corrected chi connectivity index (χ0v) is 13.8. The Morgan fingerprint density at radius 3 is 2.77 bits per heavy atom. The molecule has 1 aliphatic rings. The number of nitrogens with zero attached hydrogens (tertiary/aromatic N) is 3. The molecule has 2 heterocycles. The molecule has 1 aliphatic heterocycles. The first-order valence-electron chi connectivity index (χ1n) is 7.95. The summed E-state index contributed by atoms with van der Waals surface area (Å²) >= 11 is 0. The summed E-state index contributed by atoms with van der Waals surface area (Å²) in [6.45, 7) is 6.29. The number of carbonyl (C=O) groups excluding carboxylic acids is 2. The second-order valence-corrected chi connectivity index (χ2v) is 5.90. The molecule has 1 aromatic rings. The summed E-state index contributed by atoms with van der Waals surface area (Å²) in [5.74, 6) is -0.585. The molecule has 1 fully saturated rings. The Kier molecular flexibility index (Phi) is 5.21. The van der Waals surface area contributed by atoms with Crippen molar-refractivity contribution in [2.24, 2.45) is 7.05 Å². The van der Waals surface area contributed by atoms with E-state index in [9.17, 15) is 9.59 Å². The molecule has 2 rings (SSSR count). The Morgan fingerprint density at radius 1 is 1.45 bits per heavy atom. The van der Waals surface area contributed by atoms with E-state index in [1.165, 1.54) is 6.20 Å². The molecule has 0 saturated carbocycles. The Bertz CT molecular complexity index is 553. The van der Waals surface area contributed by atoms with Gasteiger partial charge in [0.25, 0.3) is 5.91 Å². The van der Waals surface area contributed by atoms with Gasteiger partial charge in [0.1, 0.15) is 5.56 Å². The first-order valence-corrected chi connectivity index (χ1v) is 7.95. The highest BCUT2D eigenvalue weighted by Gasteiger charge is 2.31. The Morgan fingerprint density at radius 2 is 2.18 bits per heavy atom. The molecule has 1 aromatic heterocycles. The highest BCUT2D eigenvalue weighted by molar-refractivity contribution is 5.93. The SMILES string of the molecule is CCC1CCCCN1C(=O)C(C)OC(=O)c1cnn(C)c1C. The molecule has 122 valence electrons. The molecule has 2 unspecified atom stereocenters. The molecular weight excluding hydrogens is 282 g/mol. The molecule has 0 radical (unpaired) electrons. The van der Waals surface area contributed by atoms with Crippen LogP contribution in [0.4, 0.5) is 0 Å². The van der Waals surface area contributed by atoms with Crippen molar-refractivity contribution >= 4 is 11.9 Å². The number of hydrogen-bond donors (Lipinski definition) is 0. The molecular formula is C16H25N3O3. The summed E-state index contributed by atoms with van der Waals surface area (Å²) in [6, 6.07) is 0.266. The molecule has 2 atom stereocenters. The van der Waals surface area contributed by atoms with Gasteiger partial charge in [-0.25, -0.2) is 4.79 Å². The number of piperidine rings is 1. The summed E-state index contributed by atoms with van der Waals surface area (Å²) in [6.07, 6.45) is 4.86. The lowest BCUT2D eigenvalue weighted by molar-refractivity contribution is -0.143. The van der Waals surface area contributed by atoms with E-state index in [1.807, 2.05) is 4.90 Å². The molecule has 6 nitrogen and oxygen atoms in total. The van der Waals surface area contributed by atoms with Gasteiger partial charge in [0.05, 0.1) is 6.20 Å². The molecule has 1 amide bonds. The van der Waals surface area contributed by atoms with Gasteiger partial charge in [0, 0.05) is 25.3 Å². The Labute approximate surface area is 131 Å². The predicted octanol–water partition coefficient (Wildman–Crippen LogP) is 2.06. The zero-order chi connectivity index (χ0) is 16.3. The van der Waals surface area contributed by atoms with Gasteiger partial charge in [-0.1, -0.05) is 6.92 Å². The van der Waals surface area contributed by atoms with Crippen LogP contribution in [0.15, 0.2) is 6.20 Å². The first kappa shape index (κ1) is 16.5. The maximum atomic E-state index is 12.6. The van der Waals surface area contributed by atoms with Gasteiger partial charge in [-0.3, -0.25) is 9.48 Å². The van der Waals surface area contributed by atoms with Crippen LogP contribution in [0.25, 0.3) is 0 Å². The van der Waals surface area contributed by atoms with Crippen molar-refractivity contribution in [3.05, 3.63) is 17.5 Å². The number of rotatable bonds is 4. The third kappa shape index (κ3) is 3.31. The fourth-order valence-corrected chi connectivity index (χ4v) is 2.92. The minimum atomic E-state index is -0.765. The molecule has 0 aliphatic carbocycles. The first-order chi connectivity index (χ1) is 10.5. The van der Waals surface area contributed by atoms with Crippen LogP contribution in [0.2, 0.25) is 0 Å². The van der Waals surface area contributed by atoms with E-state index in [2.05, 4.69) is 12.0 Å². The van der Waals surface area contributed by atoms with Crippen molar-refractivity contribution in [1.82, 2.24) is 14.7 Å². The summed E-state index contributed by atoms with van der Waals surface area (Å²) in [7, 11) is 1.76. The molecule has 1 saturated heterocycles. The average Bonchev–Trinajstić information content (AvgIpc) is 2.86. The van der Waals surface area contributed by atoms with Crippen molar-refractivity contribution in [3.63, 3.8) is 0 Å². The summed E-state index contributed by atoms with van der Waals surface area (Å²) in [5.41, 5.74) is 1.14. The lowest BCUT2D eigenvalue weighted by Gasteiger charge is -2.36. The summed E-state index contributed by atoms with van der Waals surface area (Å²) in [5, 5.41) is 4.03. The van der Waals surface area contributed by atoms with E-state index in [4.69, 9.17) is 4.74 Å². The van der Waals surface area contributed by atoms with Gasteiger partial charge in [0.15, 0.2) is 6.10 Å². The van der Waals surface area contributed by atoms with Crippen molar-refractivity contribution < 1.29 is 14.3 Å². The van der Waals surface area contributed by atoms with Gasteiger partial charge in [0.2, 0.25) is 0 Å². The molecule has 22 heavy (non-hydrogen) atoms. The maximum absolute atomic E-state index is 12.6. The lowest BCUT2D eigenvalue weighted by Crippen LogP contribution is -2.48. The normalized spacial score (nSPS) is 19.8. The topological polar surface area (TPSA) is 64.4 Å². The lowest BCUT2D eigenvalue weighted by atomic mass is 9.99. The zero-order valence-electron chi connectivity index (χ0n) is 13.8. The molecule has 0 N–H and O–H groups in total. The van der Waals surface area contributed by atoms with Crippen LogP contribution in [0.1, 0.15) is 55.6 Å². The van der Waals surface area contributed by atoms with Crippen molar-refractivity contribution in [2.45, 2.75) is 58.6 Å². The monoisotopic (exact) mass is 307 g/mol. The van der Waals surface area contributed by atoms with Crippen molar-refractivity contribution in [3.8, 4) is 0 Å². The quantitative estimate of drug-likeness (QED) is 0.799. The van der Waals surface area contributed by atoms with Crippen LogP contribution in [0, 0.1) is 6.92 Å². The van der Waals surface area contributed by atoms with Gasteiger partial charge < -0.3 is 9.64 Å². The fraction of sp³-hybridized carbons (Fsp3) is 0.688.